The molecule has 1 rings (SSSR count). The first-order valence-corrected chi connectivity index (χ1v) is 8.51. The molecule has 1 amide bonds. The van der Waals surface area contributed by atoms with Crippen molar-refractivity contribution in [3.63, 3.8) is 0 Å². The van der Waals surface area contributed by atoms with Gasteiger partial charge in [0.1, 0.15) is 5.75 Å². The second-order valence-electron chi connectivity index (χ2n) is 4.97. The third kappa shape index (κ3) is 5.59. The molecule has 0 atom stereocenters. The number of carbonyl (C=O) groups is 1. The van der Waals surface area contributed by atoms with E-state index >= 15 is 0 Å². The molecule has 21 heavy (non-hydrogen) atoms. The smallest absolute Gasteiger partial charge is 0.238 e. The standard InChI is InChI=1S/C16H26N2O2S/c1-5-16(6-2,21-4)12-17-11-15(19)18-13-7-9-14(20-3)10-8-13/h7-10,17H,5-6,11-12H2,1-4H3,(H,18,19). The Balaban J connectivity index is 2.40. The molecule has 0 saturated carbocycles. The SMILES string of the molecule is CCC(CC)(CNCC(=O)Nc1ccc(OC)cc1)SC. The number of hydrogen-bond donors (Lipinski definition) is 2. The normalized spacial score (nSPS) is 11.2. The highest BCUT2D eigenvalue weighted by molar-refractivity contribution is 8.00. The highest BCUT2D eigenvalue weighted by Gasteiger charge is 2.24. The van der Waals surface area contributed by atoms with Gasteiger partial charge in [0, 0.05) is 17.0 Å². The minimum atomic E-state index is -0.0256. The molecule has 4 nitrogen and oxygen atoms in total. The van der Waals surface area contributed by atoms with Crippen molar-refractivity contribution >= 4 is 23.4 Å². The number of hydrogen-bond acceptors (Lipinski definition) is 4. The van der Waals surface area contributed by atoms with Crippen molar-refractivity contribution < 1.29 is 9.53 Å². The van der Waals surface area contributed by atoms with Gasteiger partial charge in [-0.25, -0.2) is 0 Å². The topological polar surface area (TPSA) is 50.4 Å². The molecule has 0 radical (unpaired) electrons. The van der Waals surface area contributed by atoms with Crippen molar-refractivity contribution in [3.05, 3.63) is 24.3 Å². The largest absolute Gasteiger partial charge is 0.497 e. The molecule has 2 N–H and O–H groups in total. The first kappa shape index (κ1) is 17.9. The maximum Gasteiger partial charge on any atom is 0.238 e. The summed E-state index contributed by atoms with van der Waals surface area (Å²) in [5.74, 6) is 0.754. The van der Waals surface area contributed by atoms with Crippen LogP contribution in [-0.4, -0.2) is 37.1 Å². The maximum absolute atomic E-state index is 11.9. The molecule has 0 bridgehead atoms. The van der Waals surface area contributed by atoms with Crippen molar-refractivity contribution in [2.24, 2.45) is 0 Å². The molecule has 0 aliphatic carbocycles. The molecule has 0 aromatic heterocycles. The molecule has 0 unspecified atom stereocenters. The number of ether oxygens (including phenoxy) is 1. The van der Waals surface area contributed by atoms with Gasteiger partial charge in [-0.2, -0.15) is 11.8 Å². The van der Waals surface area contributed by atoms with Gasteiger partial charge in [-0.1, -0.05) is 13.8 Å². The Bertz CT molecular complexity index is 422. The zero-order valence-corrected chi connectivity index (χ0v) is 14.2. The first-order chi connectivity index (χ1) is 10.1. The van der Waals surface area contributed by atoms with Gasteiger partial charge < -0.3 is 15.4 Å². The molecule has 1 aromatic rings. The predicted octanol–water partition coefficient (Wildman–Crippen LogP) is 3.15. The van der Waals surface area contributed by atoms with Gasteiger partial charge in [-0.05, 0) is 43.4 Å². The number of thioether (sulfide) groups is 1. The Kier molecular flexibility index (Phi) is 7.61. The van der Waals surface area contributed by atoms with Crippen LogP contribution in [0.5, 0.6) is 5.75 Å². The summed E-state index contributed by atoms with van der Waals surface area (Å²) in [4.78, 5) is 11.9. The lowest BCUT2D eigenvalue weighted by atomic mass is 10.0. The van der Waals surface area contributed by atoms with Gasteiger partial charge in [-0.15, -0.1) is 0 Å². The molecular formula is C16H26N2O2S. The average Bonchev–Trinajstić information content (AvgIpc) is 2.53. The summed E-state index contributed by atoms with van der Waals surface area (Å²) in [5, 5.41) is 6.13. The van der Waals surface area contributed by atoms with Crippen LogP contribution < -0.4 is 15.4 Å². The number of amides is 1. The van der Waals surface area contributed by atoms with Crippen molar-refractivity contribution in [2.45, 2.75) is 31.4 Å². The molecule has 1 aromatic carbocycles. The molecule has 5 heteroatoms. The quantitative estimate of drug-likeness (QED) is 0.736. The van der Waals surface area contributed by atoms with E-state index in [9.17, 15) is 4.79 Å². The van der Waals surface area contributed by atoms with E-state index in [0.717, 1.165) is 30.8 Å². The van der Waals surface area contributed by atoms with Crippen LogP contribution in [0, 0.1) is 0 Å². The van der Waals surface area contributed by atoms with E-state index in [-0.39, 0.29) is 10.7 Å². The summed E-state index contributed by atoms with van der Waals surface area (Å²) in [6.45, 7) is 5.56. The van der Waals surface area contributed by atoms with Crippen LogP contribution in [0.3, 0.4) is 0 Å². The van der Waals surface area contributed by atoms with E-state index in [1.807, 2.05) is 36.0 Å². The minimum absolute atomic E-state index is 0.0256. The fourth-order valence-electron chi connectivity index (χ4n) is 2.14. The monoisotopic (exact) mass is 310 g/mol. The van der Waals surface area contributed by atoms with Gasteiger partial charge in [0.25, 0.3) is 0 Å². The summed E-state index contributed by atoms with van der Waals surface area (Å²) in [7, 11) is 1.62. The number of methoxy groups -OCH3 is 1. The first-order valence-electron chi connectivity index (χ1n) is 7.29. The molecule has 0 aliphatic heterocycles. The van der Waals surface area contributed by atoms with Gasteiger partial charge in [-0.3, -0.25) is 4.79 Å². The van der Waals surface area contributed by atoms with E-state index in [0.29, 0.717) is 6.54 Å². The molecule has 0 spiro atoms. The maximum atomic E-state index is 11.9. The van der Waals surface area contributed by atoms with E-state index in [2.05, 4.69) is 30.7 Å². The zero-order chi connectivity index (χ0) is 15.7. The van der Waals surface area contributed by atoms with Crippen LogP contribution in [-0.2, 0) is 4.79 Å². The van der Waals surface area contributed by atoms with Crippen LogP contribution in [0.1, 0.15) is 26.7 Å². The fraction of sp³-hybridized carbons (Fsp3) is 0.562. The summed E-state index contributed by atoms with van der Waals surface area (Å²) in [6, 6.07) is 7.33. The second-order valence-corrected chi connectivity index (χ2v) is 6.25. The van der Waals surface area contributed by atoms with E-state index in [1.54, 1.807) is 7.11 Å². The number of carbonyl (C=O) groups excluding carboxylic acids is 1. The number of benzene rings is 1. The third-order valence-corrected chi connectivity index (χ3v) is 5.42. The van der Waals surface area contributed by atoms with Crippen molar-refractivity contribution in [1.82, 2.24) is 5.32 Å². The number of nitrogens with one attached hydrogen (secondary N) is 2. The van der Waals surface area contributed by atoms with Crippen molar-refractivity contribution in [2.75, 3.05) is 31.8 Å². The molecule has 0 saturated heterocycles. The highest BCUT2D eigenvalue weighted by Crippen LogP contribution is 2.29. The average molecular weight is 310 g/mol. The van der Waals surface area contributed by atoms with Gasteiger partial charge in [0.05, 0.1) is 13.7 Å². The summed E-state index contributed by atoms with van der Waals surface area (Å²) in [5.41, 5.74) is 0.782. The molecule has 0 aliphatic rings. The number of rotatable bonds is 9. The predicted molar refractivity (Wildman–Crippen MR) is 91.3 cm³/mol. The van der Waals surface area contributed by atoms with Crippen LogP contribution in [0.25, 0.3) is 0 Å². The lowest BCUT2D eigenvalue weighted by molar-refractivity contribution is -0.115. The summed E-state index contributed by atoms with van der Waals surface area (Å²) < 4.78 is 5.31. The van der Waals surface area contributed by atoms with Gasteiger partial charge >= 0.3 is 0 Å². The van der Waals surface area contributed by atoms with Crippen LogP contribution in [0.15, 0.2) is 24.3 Å². The minimum Gasteiger partial charge on any atom is -0.497 e. The van der Waals surface area contributed by atoms with Crippen LogP contribution >= 0.6 is 11.8 Å². The number of anilines is 1. The van der Waals surface area contributed by atoms with Gasteiger partial charge in [0.2, 0.25) is 5.91 Å². The van der Waals surface area contributed by atoms with E-state index in [1.165, 1.54) is 0 Å². The third-order valence-electron chi connectivity index (χ3n) is 3.83. The zero-order valence-electron chi connectivity index (χ0n) is 13.4. The Morgan fingerprint density at radius 1 is 1.24 bits per heavy atom. The lowest BCUT2D eigenvalue weighted by Gasteiger charge is -2.29. The summed E-state index contributed by atoms with van der Waals surface area (Å²) >= 11 is 1.87. The van der Waals surface area contributed by atoms with E-state index in [4.69, 9.17) is 4.74 Å². The van der Waals surface area contributed by atoms with Crippen molar-refractivity contribution in [3.8, 4) is 5.75 Å². The van der Waals surface area contributed by atoms with Crippen LogP contribution in [0.4, 0.5) is 5.69 Å². The Labute approximate surface area is 132 Å². The lowest BCUT2D eigenvalue weighted by Crippen LogP contribution is -2.40. The molecule has 0 heterocycles. The second kappa shape index (κ2) is 8.95. The van der Waals surface area contributed by atoms with E-state index < -0.39 is 0 Å². The Morgan fingerprint density at radius 3 is 2.33 bits per heavy atom. The van der Waals surface area contributed by atoms with Crippen LogP contribution in [0.2, 0.25) is 0 Å². The molecular weight excluding hydrogens is 284 g/mol. The van der Waals surface area contributed by atoms with Gasteiger partial charge in [0.15, 0.2) is 0 Å². The fourth-order valence-corrected chi connectivity index (χ4v) is 2.97. The Hall–Kier alpha value is -1.20. The Morgan fingerprint density at radius 2 is 1.86 bits per heavy atom. The summed E-state index contributed by atoms with van der Waals surface area (Å²) in [6.07, 6.45) is 4.32. The highest BCUT2D eigenvalue weighted by atomic mass is 32.2. The molecule has 0 fully saturated rings. The molecule has 118 valence electrons. The van der Waals surface area contributed by atoms with Crippen molar-refractivity contribution in [1.29, 1.82) is 0 Å².